The summed E-state index contributed by atoms with van der Waals surface area (Å²) in [5.41, 5.74) is 7.09. The minimum absolute atomic E-state index is 0.209. The molecule has 0 unspecified atom stereocenters. The topological polar surface area (TPSA) is 89.6 Å². The Bertz CT molecular complexity index is 1310. The number of hydrazine groups is 1. The molecule has 0 saturated carbocycles. The largest absolute Gasteiger partial charge is 0.497 e. The van der Waals surface area contributed by atoms with Crippen molar-refractivity contribution in [3.63, 3.8) is 0 Å². The second kappa shape index (κ2) is 9.78. The third-order valence-electron chi connectivity index (χ3n) is 4.83. The Hall–Kier alpha value is -4.46. The van der Waals surface area contributed by atoms with E-state index in [4.69, 9.17) is 9.47 Å². The van der Waals surface area contributed by atoms with Crippen LogP contribution in [0.5, 0.6) is 11.5 Å². The van der Waals surface area contributed by atoms with Crippen molar-refractivity contribution in [1.82, 2.24) is 15.8 Å². The number of hydrogen-bond donors (Lipinski definition) is 2. The number of aromatic nitrogens is 1. The second-order valence-electron chi connectivity index (χ2n) is 7.05. The van der Waals surface area contributed by atoms with Crippen molar-refractivity contribution in [3.8, 4) is 22.8 Å². The smallest absolute Gasteiger partial charge is 0.276 e. The Balaban J connectivity index is 1.50. The molecule has 0 atom stereocenters. The fourth-order valence-corrected chi connectivity index (χ4v) is 3.21. The maximum atomic E-state index is 13.2. The first kappa shape index (κ1) is 21.8. The van der Waals surface area contributed by atoms with E-state index in [-0.39, 0.29) is 5.75 Å². The summed E-state index contributed by atoms with van der Waals surface area (Å²) in [6, 6.07) is 21.6. The summed E-state index contributed by atoms with van der Waals surface area (Å²) in [5, 5.41) is 0.637. The van der Waals surface area contributed by atoms with Crippen molar-refractivity contribution in [1.29, 1.82) is 0 Å². The van der Waals surface area contributed by atoms with Crippen LogP contribution in [0, 0.1) is 5.82 Å². The van der Waals surface area contributed by atoms with E-state index >= 15 is 0 Å². The van der Waals surface area contributed by atoms with E-state index in [0.717, 1.165) is 11.6 Å². The Morgan fingerprint density at radius 2 is 1.70 bits per heavy atom. The molecule has 2 N–H and O–H groups in total. The van der Waals surface area contributed by atoms with Gasteiger partial charge in [0.15, 0.2) is 6.61 Å². The first-order valence-corrected chi connectivity index (χ1v) is 10.1. The molecule has 0 spiro atoms. The van der Waals surface area contributed by atoms with E-state index in [1.165, 1.54) is 18.2 Å². The Morgan fingerprint density at radius 1 is 0.909 bits per heavy atom. The zero-order chi connectivity index (χ0) is 23.2. The number of nitrogens with zero attached hydrogens (tertiary/aromatic N) is 1. The van der Waals surface area contributed by atoms with Gasteiger partial charge in [0.1, 0.15) is 17.3 Å². The van der Waals surface area contributed by atoms with Gasteiger partial charge in [-0.3, -0.25) is 20.4 Å². The van der Waals surface area contributed by atoms with Gasteiger partial charge in [0.05, 0.1) is 23.9 Å². The zero-order valence-corrected chi connectivity index (χ0v) is 17.7. The number of methoxy groups -OCH3 is 1. The van der Waals surface area contributed by atoms with Gasteiger partial charge < -0.3 is 9.47 Å². The molecule has 8 heteroatoms. The summed E-state index contributed by atoms with van der Waals surface area (Å²) in [4.78, 5) is 29.6. The summed E-state index contributed by atoms with van der Waals surface area (Å²) in [7, 11) is 1.59. The van der Waals surface area contributed by atoms with E-state index in [9.17, 15) is 14.0 Å². The van der Waals surface area contributed by atoms with Crippen LogP contribution in [0.3, 0.4) is 0 Å². The van der Waals surface area contributed by atoms with E-state index in [0.29, 0.717) is 27.9 Å². The molecular formula is C25H20FN3O4. The van der Waals surface area contributed by atoms with Gasteiger partial charge in [-0.2, -0.15) is 0 Å². The van der Waals surface area contributed by atoms with Crippen LogP contribution in [0.1, 0.15) is 10.4 Å². The van der Waals surface area contributed by atoms with E-state index in [2.05, 4.69) is 15.8 Å². The maximum Gasteiger partial charge on any atom is 0.276 e. The van der Waals surface area contributed by atoms with Gasteiger partial charge in [0, 0.05) is 17.0 Å². The highest BCUT2D eigenvalue weighted by Crippen LogP contribution is 2.26. The molecule has 0 bridgehead atoms. The summed E-state index contributed by atoms with van der Waals surface area (Å²) < 4.78 is 23.6. The number of carbonyl (C=O) groups excluding carboxylic acids is 2. The molecule has 0 aliphatic heterocycles. The van der Waals surface area contributed by atoms with Crippen LogP contribution in [0.4, 0.5) is 4.39 Å². The molecule has 0 saturated heterocycles. The highest BCUT2D eigenvalue weighted by molar-refractivity contribution is 6.07. The first-order chi connectivity index (χ1) is 16.0. The summed E-state index contributed by atoms with van der Waals surface area (Å²) >= 11 is 0. The van der Waals surface area contributed by atoms with Gasteiger partial charge >= 0.3 is 0 Å². The fourth-order valence-electron chi connectivity index (χ4n) is 3.21. The monoisotopic (exact) mass is 445 g/mol. The van der Waals surface area contributed by atoms with Gasteiger partial charge in [0.2, 0.25) is 0 Å². The lowest BCUT2D eigenvalue weighted by atomic mass is 10.0. The molecule has 4 aromatic rings. The lowest BCUT2D eigenvalue weighted by Crippen LogP contribution is -2.43. The molecule has 166 valence electrons. The van der Waals surface area contributed by atoms with Gasteiger partial charge in [-0.05, 0) is 48.5 Å². The molecule has 0 aliphatic rings. The molecule has 4 rings (SSSR count). The SMILES string of the molecule is COc1ccc(-c2cc(C(=O)NNC(=O)COc3cccc(F)c3)c3ccccc3n2)cc1. The molecule has 33 heavy (non-hydrogen) atoms. The zero-order valence-electron chi connectivity index (χ0n) is 17.7. The summed E-state index contributed by atoms with van der Waals surface area (Å²) in [5.74, 6) is -0.663. The number of halogens is 1. The molecule has 2 amide bonds. The van der Waals surface area contributed by atoms with Gasteiger partial charge in [-0.15, -0.1) is 0 Å². The molecule has 1 heterocycles. The number of ether oxygens (including phenoxy) is 2. The lowest BCUT2D eigenvalue weighted by molar-refractivity contribution is -0.123. The van der Waals surface area contributed by atoms with E-state index in [1.54, 1.807) is 25.3 Å². The molecule has 0 aliphatic carbocycles. The number of benzene rings is 3. The van der Waals surface area contributed by atoms with Crippen LogP contribution in [-0.2, 0) is 4.79 Å². The van der Waals surface area contributed by atoms with Crippen molar-refractivity contribution in [3.05, 3.63) is 90.2 Å². The average molecular weight is 445 g/mol. The number of fused-ring (bicyclic) bond motifs is 1. The average Bonchev–Trinajstić information content (AvgIpc) is 2.85. The van der Waals surface area contributed by atoms with Crippen LogP contribution in [0.25, 0.3) is 22.2 Å². The number of rotatable bonds is 6. The lowest BCUT2D eigenvalue weighted by Gasteiger charge is -2.12. The predicted octanol–water partition coefficient (Wildman–Crippen LogP) is 3.89. The van der Waals surface area contributed by atoms with Crippen LogP contribution < -0.4 is 20.3 Å². The quantitative estimate of drug-likeness (QED) is 0.440. The van der Waals surface area contributed by atoms with Crippen molar-refractivity contribution < 1.29 is 23.5 Å². The fraction of sp³-hybridized carbons (Fsp3) is 0.0800. The summed E-state index contributed by atoms with van der Waals surface area (Å²) in [6.45, 7) is -0.391. The molecule has 0 radical (unpaired) electrons. The molecule has 1 aromatic heterocycles. The van der Waals surface area contributed by atoms with Crippen LogP contribution in [0.2, 0.25) is 0 Å². The highest BCUT2D eigenvalue weighted by atomic mass is 19.1. The molecular weight excluding hydrogens is 425 g/mol. The van der Waals surface area contributed by atoms with Gasteiger partial charge in [0.25, 0.3) is 11.8 Å². The number of amides is 2. The van der Waals surface area contributed by atoms with Crippen molar-refractivity contribution in [2.24, 2.45) is 0 Å². The molecule has 7 nitrogen and oxygen atoms in total. The summed E-state index contributed by atoms with van der Waals surface area (Å²) in [6.07, 6.45) is 0. The number of para-hydroxylation sites is 1. The standard InChI is InChI=1S/C25H20FN3O4/c1-32-18-11-9-16(10-12-18)23-14-21(20-7-2-3-8-22(20)27-23)25(31)29-28-24(30)15-33-19-6-4-5-17(26)13-19/h2-14H,15H2,1H3,(H,28,30)(H,29,31). The van der Waals surface area contributed by atoms with Crippen LogP contribution >= 0.6 is 0 Å². The van der Waals surface area contributed by atoms with Crippen molar-refractivity contribution in [2.45, 2.75) is 0 Å². The maximum absolute atomic E-state index is 13.2. The van der Waals surface area contributed by atoms with Crippen LogP contribution in [0.15, 0.2) is 78.9 Å². The van der Waals surface area contributed by atoms with Gasteiger partial charge in [-0.25, -0.2) is 9.37 Å². The minimum atomic E-state index is -0.596. The third-order valence-corrected chi connectivity index (χ3v) is 4.83. The van der Waals surface area contributed by atoms with E-state index < -0.39 is 24.2 Å². The third kappa shape index (κ3) is 5.24. The number of pyridine rings is 1. The highest BCUT2D eigenvalue weighted by Gasteiger charge is 2.15. The number of carbonyl (C=O) groups is 2. The van der Waals surface area contributed by atoms with Gasteiger partial charge in [-0.1, -0.05) is 24.3 Å². The normalized spacial score (nSPS) is 10.5. The number of hydrogen-bond acceptors (Lipinski definition) is 5. The minimum Gasteiger partial charge on any atom is -0.497 e. The predicted molar refractivity (Wildman–Crippen MR) is 121 cm³/mol. The van der Waals surface area contributed by atoms with Crippen molar-refractivity contribution in [2.75, 3.05) is 13.7 Å². The Morgan fingerprint density at radius 3 is 2.45 bits per heavy atom. The van der Waals surface area contributed by atoms with Crippen LogP contribution in [-0.4, -0.2) is 30.5 Å². The molecule has 3 aromatic carbocycles. The Labute approximate surface area is 189 Å². The number of nitrogens with one attached hydrogen (secondary N) is 2. The van der Waals surface area contributed by atoms with E-state index in [1.807, 2.05) is 36.4 Å². The Kier molecular flexibility index (Phi) is 6.45. The second-order valence-corrected chi connectivity index (χ2v) is 7.05. The molecule has 0 fully saturated rings. The first-order valence-electron chi connectivity index (χ1n) is 10.1. The van der Waals surface area contributed by atoms with Crippen molar-refractivity contribution >= 4 is 22.7 Å².